The van der Waals surface area contributed by atoms with Gasteiger partial charge in [-0.1, -0.05) is 52.9 Å². The summed E-state index contributed by atoms with van der Waals surface area (Å²) in [4.78, 5) is 0. The molecule has 0 radical (unpaired) electrons. The molecule has 0 aliphatic heterocycles. The summed E-state index contributed by atoms with van der Waals surface area (Å²) < 4.78 is 6.28. The SMILES string of the molecule is CCCNC1CCCCCCC1OCC(C)CCC. The first-order chi connectivity index (χ1) is 9.27. The minimum atomic E-state index is 0.450. The molecule has 1 N–H and O–H groups in total. The molecule has 1 saturated carbocycles. The van der Waals surface area contributed by atoms with Crippen molar-refractivity contribution < 1.29 is 4.74 Å². The highest BCUT2D eigenvalue weighted by Gasteiger charge is 2.23. The van der Waals surface area contributed by atoms with Crippen LogP contribution in [0.25, 0.3) is 0 Å². The van der Waals surface area contributed by atoms with Crippen molar-refractivity contribution >= 4 is 0 Å². The van der Waals surface area contributed by atoms with E-state index in [1.165, 1.54) is 57.8 Å². The summed E-state index contributed by atoms with van der Waals surface area (Å²) in [6.07, 6.45) is 12.3. The molecule has 0 heterocycles. The van der Waals surface area contributed by atoms with Crippen LogP contribution in [0.3, 0.4) is 0 Å². The van der Waals surface area contributed by atoms with E-state index in [2.05, 4.69) is 26.1 Å². The summed E-state index contributed by atoms with van der Waals surface area (Å²) in [6, 6.07) is 0.592. The molecule has 3 unspecified atom stereocenters. The van der Waals surface area contributed by atoms with E-state index >= 15 is 0 Å². The maximum Gasteiger partial charge on any atom is 0.0728 e. The van der Waals surface area contributed by atoms with Gasteiger partial charge in [0.1, 0.15) is 0 Å². The van der Waals surface area contributed by atoms with Gasteiger partial charge in [-0.05, 0) is 38.1 Å². The topological polar surface area (TPSA) is 21.3 Å². The van der Waals surface area contributed by atoms with E-state index in [4.69, 9.17) is 4.74 Å². The van der Waals surface area contributed by atoms with Crippen molar-refractivity contribution in [1.82, 2.24) is 5.32 Å². The van der Waals surface area contributed by atoms with Gasteiger partial charge in [-0.15, -0.1) is 0 Å². The van der Waals surface area contributed by atoms with Crippen molar-refractivity contribution in [1.29, 1.82) is 0 Å². The number of rotatable bonds is 8. The van der Waals surface area contributed by atoms with Gasteiger partial charge in [0.15, 0.2) is 0 Å². The van der Waals surface area contributed by atoms with Crippen LogP contribution in [0.15, 0.2) is 0 Å². The van der Waals surface area contributed by atoms with Crippen molar-refractivity contribution in [2.75, 3.05) is 13.2 Å². The summed E-state index contributed by atoms with van der Waals surface area (Å²) in [5, 5.41) is 3.72. The number of nitrogens with one attached hydrogen (secondary N) is 1. The highest BCUT2D eigenvalue weighted by atomic mass is 16.5. The molecule has 0 bridgehead atoms. The van der Waals surface area contributed by atoms with E-state index in [1.54, 1.807) is 0 Å². The fraction of sp³-hybridized carbons (Fsp3) is 1.00. The van der Waals surface area contributed by atoms with E-state index in [9.17, 15) is 0 Å². The molecular weight excluding hydrogens is 234 g/mol. The quantitative estimate of drug-likeness (QED) is 0.699. The predicted octanol–water partition coefficient (Wildman–Crippen LogP) is 4.53. The molecule has 3 atom stereocenters. The van der Waals surface area contributed by atoms with E-state index in [0.29, 0.717) is 18.1 Å². The highest BCUT2D eigenvalue weighted by molar-refractivity contribution is 4.79. The van der Waals surface area contributed by atoms with Gasteiger partial charge in [0.2, 0.25) is 0 Å². The number of hydrogen-bond acceptors (Lipinski definition) is 2. The third kappa shape index (κ3) is 7.31. The monoisotopic (exact) mass is 269 g/mol. The van der Waals surface area contributed by atoms with Crippen LogP contribution in [0.5, 0.6) is 0 Å². The largest absolute Gasteiger partial charge is 0.376 e. The minimum absolute atomic E-state index is 0.450. The van der Waals surface area contributed by atoms with Crippen molar-refractivity contribution in [2.45, 2.75) is 90.7 Å². The Morgan fingerprint density at radius 2 is 1.79 bits per heavy atom. The normalized spacial score (nSPS) is 26.7. The number of ether oxygens (including phenoxy) is 1. The molecule has 0 aromatic rings. The van der Waals surface area contributed by atoms with Crippen LogP contribution in [0.4, 0.5) is 0 Å². The smallest absolute Gasteiger partial charge is 0.0728 e. The molecule has 1 aliphatic rings. The van der Waals surface area contributed by atoms with Crippen molar-refractivity contribution in [3.8, 4) is 0 Å². The van der Waals surface area contributed by atoms with Crippen LogP contribution in [-0.2, 0) is 4.74 Å². The molecular formula is C17H35NO. The lowest BCUT2D eigenvalue weighted by molar-refractivity contribution is -0.00370. The van der Waals surface area contributed by atoms with Gasteiger partial charge >= 0.3 is 0 Å². The van der Waals surface area contributed by atoms with Crippen LogP contribution < -0.4 is 5.32 Å². The molecule has 19 heavy (non-hydrogen) atoms. The van der Waals surface area contributed by atoms with Crippen LogP contribution in [0.2, 0.25) is 0 Å². The average molecular weight is 269 g/mol. The standard InChI is InChI=1S/C17H35NO/c1-4-10-15(3)14-19-17-12-9-7-6-8-11-16(17)18-13-5-2/h15-18H,4-14H2,1-3H3. The molecule has 0 aromatic carbocycles. The van der Waals surface area contributed by atoms with Gasteiger partial charge < -0.3 is 10.1 Å². The summed E-state index contributed by atoms with van der Waals surface area (Å²) >= 11 is 0. The van der Waals surface area contributed by atoms with E-state index in [0.717, 1.165) is 13.2 Å². The lowest BCUT2D eigenvalue weighted by Crippen LogP contribution is -2.43. The Balaban J connectivity index is 2.40. The zero-order valence-corrected chi connectivity index (χ0v) is 13.4. The Kier molecular flexibility index (Phi) is 9.54. The van der Waals surface area contributed by atoms with Gasteiger partial charge in [-0.2, -0.15) is 0 Å². The second kappa shape index (κ2) is 10.7. The number of hydrogen-bond donors (Lipinski definition) is 1. The van der Waals surface area contributed by atoms with Crippen LogP contribution >= 0.6 is 0 Å². The first-order valence-electron chi connectivity index (χ1n) is 8.62. The molecule has 2 nitrogen and oxygen atoms in total. The predicted molar refractivity (Wildman–Crippen MR) is 83.6 cm³/mol. The summed E-state index contributed by atoms with van der Waals surface area (Å²) in [7, 11) is 0. The van der Waals surface area contributed by atoms with Crippen molar-refractivity contribution in [3.05, 3.63) is 0 Å². The third-order valence-electron chi connectivity index (χ3n) is 4.24. The average Bonchev–Trinajstić information content (AvgIpc) is 2.37. The van der Waals surface area contributed by atoms with Crippen molar-refractivity contribution in [2.24, 2.45) is 5.92 Å². The summed E-state index contributed by atoms with van der Waals surface area (Å²) in [5.41, 5.74) is 0. The fourth-order valence-corrected chi connectivity index (χ4v) is 3.08. The first kappa shape index (κ1) is 17.0. The highest BCUT2D eigenvalue weighted by Crippen LogP contribution is 2.21. The van der Waals surface area contributed by atoms with Crippen LogP contribution in [0.1, 0.15) is 78.6 Å². The third-order valence-corrected chi connectivity index (χ3v) is 4.24. The Morgan fingerprint density at radius 1 is 1.05 bits per heavy atom. The maximum atomic E-state index is 6.28. The molecule has 0 saturated heterocycles. The molecule has 0 amide bonds. The lowest BCUT2D eigenvalue weighted by Gasteiger charge is -2.31. The molecule has 1 fully saturated rings. The van der Waals surface area contributed by atoms with Gasteiger partial charge in [0, 0.05) is 12.6 Å². The summed E-state index contributed by atoms with van der Waals surface area (Å²) in [6.45, 7) is 8.91. The van der Waals surface area contributed by atoms with Gasteiger partial charge in [0.25, 0.3) is 0 Å². The molecule has 0 spiro atoms. The fourth-order valence-electron chi connectivity index (χ4n) is 3.08. The molecule has 114 valence electrons. The zero-order valence-electron chi connectivity index (χ0n) is 13.4. The van der Waals surface area contributed by atoms with Crippen LogP contribution in [0, 0.1) is 5.92 Å². The Bertz CT molecular complexity index is 205. The molecule has 2 heteroatoms. The Hall–Kier alpha value is -0.0800. The van der Waals surface area contributed by atoms with Gasteiger partial charge in [-0.3, -0.25) is 0 Å². The Morgan fingerprint density at radius 3 is 2.47 bits per heavy atom. The van der Waals surface area contributed by atoms with E-state index in [1.807, 2.05) is 0 Å². The van der Waals surface area contributed by atoms with Crippen molar-refractivity contribution in [3.63, 3.8) is 0 Å². The second-order valence-electron chi connectivity index (χ2n) is 6.32. The zero-order chi connectivity index (χ0) is 13.9. The lowest BCUT2D eigenvalue weighted by atomic mass is 9.94. The molecule has 1 aliphatic carbocycles. The summed E-state index contributed by atoms with van der Waals surface area (Å²) in [5.74, 6) is 0.710. The van der Waals surface area contributed by atoms with Gasteiger partial charge in [0.05, 0.1) is 6.10 Å². The van der Waals surface area contributed by atoms with E-state index < -0.39 is 0 Å². The molecule has 0 aromatic heterocycles. The van der Waals surface area contributed by atoms with Crippen LogP contribution in [-0.4, -0.2) is 25.3 Å². The molecule has 1 rings (SSSR count). The van der Waals surface area contributed by atoms with Gasteiger partial charge in [-0.25, -0.2) is 0 Å². The minimum Gasteiger partial charge on any atom is -0.376 e. The second-order valence-corrected chi connectivity index (χ2v) is 6.32. The first-order valence-corrected chi connectivity index (χ1v) is 8.62. The Labute approximate surface area is 120 Å². The van der Waals surface area contributed by atoms with E-state index in [-0.39, 0.29) is 0 Å². The maximum absolute atomic E-state index is 6.28.